The molecule has 2 aromatic rings. The van der Waals surface area contributed by atoms with Gasteiger partial charge >= 0.3 is 0 Å². The average molecular weight is 270 g/mol. The van der Waals surface area contributed by atoms with Gasteiger partial charge in [0.25, 0.3) is 0 Å². The molecule has 0 amide bonds. The van der Waals surface area contributed by atoms with Gasteiger partial charge in [0.2, 0.25) is 0 Å². The van der Waals surface area contributed by atoms with Crippen LogP contribution < -0.4 is 5.73 Å². The summed E-state index contributed by atoms with van der Waals surface area (Å²) in [5, 5.41) is 0. The second kappa shape index (κ2) is 4.16. The minimum atomic E-state index is -0.281. The second-order valence-corrected chi connectivity index (χ2v) is 3.95. The highest BCUT2D eigenvalue weighted by Gasteiger charge is 2.08. The molecule has 2 N–H and O–H groups in total. The van der Waals surface area contributed by atoms with Crippen molar-refractivity contribution in [2.45, 2.75) is 6.54 Å². The SMILES string of the molecule is NCc1ccc(-c2ccc(F)cc2Br)o1. The number of furan rings is 1. The van der Waals surface area contributed by atoms with Crippen molar-refractivity contribution in [3.8, 4) is 11.3 Å². The van der Waals surface area contributed by atoms with Crippen LogP contribution >= 0.6 is 15.9 Å². The van der Waals surface area contributed by atoms with Gasteiger partial charge in [0.15, 0.2) is 0 Å². The summed E-state index contributed by atoms with van der Waals surface area (Å²) in [4.78, 5) is 0. The maximum atomic E-state index is 12.9. The summed E-state index contributed by atoms with van der Waals surface area (Å²) in [7, 11) is 0. The molecule has 0 saturated heterocycles. The van der Waals surface area contributed by atoms with Crippen molar-refractivity contribution < 1.29 is 8.81 Å². The molecule has 0 aliphatic rings. The van der Waals surface area contributed by atoms with Gasteiger partial charge in [0, 0.05) is 10.0 Å². The summed E-state index contributed by atoms with van der Waals surface area (Å²) >= 11 is 3.28. The predicted octanol–water partition coefficient (Wildman–Crippen LogP) is 3.31. The molecular formula is C11H9BrFNO. The zero-order valence-corrected chi connectivity index (χ0v) is 9.42. The Balaban J connectivity index is 2.44. The summed E-state index contributed by atoms with van der Waals surface area (Å²) in [6, 6.07) is 8.09. The van der Waals surface area contributed by atoms with Gasteiger partial charge in [-0.05, 0) is 46.3 Å². The molecule has 1 heterocycles. The lowest BCUT2D eigenvalue weighted by Crippen LogP contribution is -1.92. The zero-order valence-electron chi connectivity index (χ0n) is 7.84. The third-order valence-electron chi connectivity index (χ3n) is 2.06. The number of benzene rings is 1. The van der Waals surface area contributed by atoms with Crippen LogP contribution in [0.2, 0.25) is 0 Å². The number of nitrogens with two attached hydrogens (primary N) is 1. The fraction of sp³-hybridized carbons (Fsp3) is 0.0909. The van der Waals surface area contributed by atoms with E-state index in [2.05, 4.69) is 15.9 Å². The standard InChI is InChI=1S/C11H9BrFNO/c12-10-5-7(13)1-3-9(10)11-4-2-8(6-14)15-11/h1-5H,6,14H2. The highest BCUT2D eigenvalue weighted by atomic mass is 79.9. The Bertz CT molecular complexity index is 481. The Morgan fingerprint density at radius 3 is 2.67 bits per heavy atom. The average Bonchev–Trinajstić information content (AvgIpc) is 2.66. The Kier molecular flexibility index (Phi) is 2.88. The lowest BCUT2D eigenvalue weighted by molar-refractivity contribution is 0.525. The van der Waals surface area contributed by atoms with Crippen molar-refractivity contribution in [3.63, 3.8) is 0 Å². The van der Waals surface area contributed by atoms with Crippen LogP contribution in [0.15, 0.2) is 39.2 Å². The summed E-state index contributed by atoms with van der Waals surface area (Å²) < 4.78 is 19.0. The van der Waals surface area contributed by atoms with Gasteiger partial charge in [-0.25, -0.2) is 4.39 Å². The van der Waals surface area contributed by atoms with Crippen molar-refractivity contribution in [1.29, 1.82) is 0 Å². The third-order valence-corrected chi connectivity index (χ3v) is 2.72. The van der Waals surface area contributed by atoms with Crippen LogP contribution in [-0.2, 0) is 6.54 Å². The van der Waals surface area contributed by atoms with E-state index >= 15 is 0 Å². The van der Waals surface area contributed by atoms with E-state index < -0.39 is 0 Å². The molecule has 1 aromatic carbocycles. The minimum absolute atomic E-state index is 0.281. The Hall–Kier alpha value is -1.13. The Morgan fingerprint density at radius 1 is 1.27 bits per heavy atom. The van der Waals surface area contributed by atoms with Gasteiger partial charge in [-0.1, -0.05) is 0 Å². The maximum absolute atomic E-state index is 12.9. The molecule has 0 atom stereocenters. The first-order valence-electron chi connectivity index (χ1n) is 4.45. The molecule has 0 bridgehead atoms. The maximum Gasteiger partial charge on any atom is 0.135 e. The van der Waals surface area contributed by atoms with Crippen LogP contribution in [0, 0.1) is 5.82 Å². The Morgan fingerprint density at radius 2 is 2.07 bits per heavy atom. The monoisotopic (exact) mass is 269 g/mol. The number of hydrogen-bond donors (Lipinski definition) is 1. The smallest absolute Gasteiger partial charge is 0.135 e. The topological polar surface area (TPSA) is 39.2 Å². The van der Waals surface area contributed by atoms with E-state index in [-0.39, 0.29) is 5.82 Å². The van der Waals surface area contributed by atoms with Gasteiger partial charge in [0.1, 0.15) is 17.3 Å². The first kappa shape index (κ1) is 10.4. The van der Waals surface area contributed by atoms with Gasteiger partial charge in [-0.2, -0.15) is 0 Å². The van der Waals surface area contributed by atoms with Crippen LogP contribution in [0.5, 0.6) is 0 Å². The van der Waals surface area contributed by atoms with Crippen LogP contribution in [0.25, 0.3) is 11.3 Å². The van der Waals surface area contributed by atoms with Crippen LogP contribution in [-0.4, -0.2) is 0 Å². The molecule has 0 fully saturated rings. The summed E-state index contributed by atoms with van der Waals surface area (Å²) in [6.07, 6.45) is 0. The van der Waals surface area contributed by atoms with E-state index in [0.717, 1.165) is 5.56 Å². The van der Waals surface area contributed by atoms with E-state index in [1.54, 1.807) is 6.07 Å². The van der Waals surface area contributed by atoms with Gasteiger partial charge in [-0.3, -0.25) is 0 Å². The van der Waals surface area contributed by atoms with E-state index in [1.807, 2.05) is 12.1 Å². The summed E-state index contributed by atoms with van der Waals surface area (Å²) in [6.45, 7) is 0.360. The molecule has 78 valence electrons. The number of rotatable bonds is 2. The van der Waals surface area contributed by atoms with Crippen molar-refractivity contribution in [2.75, 3.05) is 0 Å². The number of hydrogen-bond acceptors (Lipinski definition) is 2. The molecular weight excluding hydrogens is 261 g/mol. The first-order valence-corrected chi connectivity index (χ1v) is 5.24. The highest BCUT2D eigenvalue weighted by Crippen LogP contribution is 2.30. The molecule has 0 aliphatic carbocycles. The predicted molar refractivity (Wildman–Crippen MR) is 59.7 cm³/mol. The minimum Gasteiger partial charge on any atom is -0.460 e. The van der Waals surface area contributed by atoms with Crippen LogP contribution in [0.3, 0.4) is 0 Å². The summed E-state index contributed by atoms with van der Waals surface area (Å²) in [5.41, 5.74) is 6.25. The molecule has 0 radical (unpaired) electrons. The van der Waals surface area contributed by atoms with E-state index in [0.29, 0.717) is 22.5 Å². The molecule has 2 nitrogen and oxygen atoms in total. The highest BCUT2D eigenvalue weighted by molar-refractivity contribution is 9.10. The summed E-state index contributed by atoms with van der Waals surface area (Å²) in [5.74, 6) is 1.11. The fourth-order valence-corrected chi connectivity index (χ4v) is 1.87. The van der Waals surface area contributed by atoms with Gasteiger partial charge in [-0.15, -0.1) is 0 Å². The van der Waals surface area contributed by atoms with E-state index in [9.17, 15) is 4.39 Å². The van der Waals surface area contributed by atoms with Gasteiger partial charge < -0.3 is 10.2 Å². The van der Waals surface area contributed by atoms with Crippen molar-refractivity contribution >= 4 is 15.9 Å². The molecule has 2 rings (SSSR count). The number of halogens is 2. The van der Waals surface area contributed by atoms with E-state index in [1.165, 1.54) is 12.1 Å². The molecule has 0 spiro atoms. The lowest BCUT2D eigenvalue weighted by Gasteiger charge is -2.00. The second-order valence-electron chi connectivity index (χ2n) is 3.09. The van der Waals surface area contributed by atoms with Crippen LogP contribution in [0.4, 0.5) is 4.39 Å². The largest absolute Gasteiger partial charge is 0.460 e. The van der Waals surface area contributed by atoms with Crippen molar-refractivity contribution in [1.82, 2.24) is 0 Å². The third kappa shape index (κ3) is 2.11. The zero-order chi connectivity index (χ0) is 10.8. The quantitative estimate of drug-likeness (QED) is 0.909. The normalized spacial score (nSPS) is 10.6. The van der Waals surface area contributed by atoms with Crippen molar-refractivity contribution in [2.24, 2.45) is 5.73 Å². The Labute approximate surface area is 95.0 Å². The molecule has 0 aliphatic heterocycles. The van der Waals surface area contributed by atoms with E-state index in [4.69, 9.17) is 10.2 Å². The van der Waals surface area contributed by atoms with Crippen LogP contribution in [0.1, 0.15) is 5.76 Å². The molecule has 0 saturated carbocycles. The molecule has 1 aromatic heterocycles. The molecule has 4 heteroatoms. The van der Waals surface area contributed by atoms with Gasteiger partial charge in [0.05, 0.1) is 6.54 Å². The first-order chi connectivity index (χ1) is 7.20. The fourth-order valence-electron chi connectivity index (χ4n) is 1.32. The molecule has 0 unspecified atom stereocenters. The molecule has 15 heavy (non-hydrogen) atoms. The van der Waals surface area contributed by atoms with Crippen molar-refractivity contribution in [3.05, 3.63) is 46.4 Å². The lowest BCUT2D eigenvalue weighted by atomic mass is 10.2.